The molecule has 0 radical (unpaired) electrons. The second-order valence-corrected chi connectivity index (χ2v) is 56.2. The van der Waals surface area contributed by atoms with Crippen molar-refractivity contribution in [3.8, 4) is 44.8 Å². The maximum Gasteiger partial charge on any atom is 0.311 e. The number of halogens is 1. The number of benzene rings is 2. The molecule has 8 aromatic rings. The van der Waals surface area contributed by atoms with Crippen LogP contribution in [0, 0.1) is 10.8 Å². The fourth-order valence-electron chi connectivity index (χ4n) is 12.6. The number of hydrogen-bond acceptors (Lipinski definition) is 16. The summed E-state index contributed by atoms with van der Waals surface area (Å²) in [4.78, 5) is 50.4. The summed E-state index contributed by atoms with van der Waals surface area (Å²) in [7, 11) is -5.07. The molecule has 546 valence electrons. The normalized spacial score (nSPS) is 18.3. The number of carbonyl (C=O) groups is 2. The van der Waals surface area contributed by atoms with Crippen LogP contribution in [0.5, 0.6) is 0 Å². The van der Waals surface area contributed by atoms with Crippen LogP contribution in [0.25, 0.3) is 56.1 Å². The fraction of sp³-hybridized carbons (Fsp3) is 0.538. The van der Waals surface area contributed by atoms with E-state index in [1.165, 1.54) is 0 Å². The van der Waals surface area contributed by atoms with Gasteiger partial charge in [-0.25, -0.2) is 9.97 Å². The predicted octanol–water partition coefficient (Wildman–Crippen LogP) is 19.0. The van der Waals surface area contributed by atoms with E-state index in [-0.39, 0.29) is 23.8 Å². The van der Waals surface area contributed by atoms with E-state index >= 15 is 0 Å². The molecule has 2 saturated carbocycles. The van der Waals surface area contributed by atoms with E-state index in [9.17, 15) is 9.59 Å². The third kappa shape index (κ3) is 21.9. The molecular formula is C78H113BrN10O8Si4. The van der Waals surface area contributed by atoms with E-state index in [0.717, 1.165) is 159 Å². The van der Waals surface area contributed by atoms with Crippen LogP contribution in [0.2, 0.25) is 103 Å². The molecule has 18 nitrogen and oxygen atoms in total. The summed E-state index contributed by atoms with van der Waals surface area (Å²) in [6.45, 7) is 41.4. The van der Waals surface area contributed by atoms with Crippen molar-refractivity contribution in [3.05, 3.63) is 132 Å². The van der Waals surface area contributed by atoms with Crippen molar-refractivity contribution in [2.45, 2.75) is 194 Å². The van der Waals surface area contributed by atoms with Crippen molar-refractivity contribution in [2.24, 2.45) is 10.8 Å². The SMILES string of the molecule is CCOC(=O)C1(C)CCC(c2cc(N(COCC[Si](C)(C)C)COCC[Si](C)(C)C)n3ncc(-c4ccc(-c5ccccc5)nc4)c3n2)CC1.CCOC(=O)C1(C)CCC(c2nc3c(-c4ccc(-c5ccccc5)nc4)cnn3c(N(COCC[Si](C)(C)C)COCC[Si](C)(C)C)c2Br)CC1. The lowest BCUT2D eigenvalue weighted by atomic mass is 9.71. The molecule has 2 aliphatic rings. The Labute approximate surface area is 613 Å². The summed E-state index contributed by atoms with van der Waals surface area (Å²) in [5.74, 6) is 1.90. The summed E-state index contributed by atoms with van der Waals surface area (Å²) in [5, 5.41) is 9.85. The average Bonchev–Trinajstić information content (AvgIpc) is 1.67. The molecular weight excluding hydrogens is 1400 g/mol. The van der Waals surface area contributed by atoms with Gasteiger partial charge in [-0.05, 0) is 131 Å². The quantitative estimate of drug-likeness (QED) is 0.0168. The van der Waals surface area contributed by atoms with Crippen LogP contribution in [0.4, 0.5) is 11.6 Å². The number of fused-ring (bicyclic) bond motifs is 2. The largest absolute Gasteiger partial charge is 0.466 e. The van der Waals surface area contributed by atoms with Crippen molar-refractivity contribution in [1.82, 2.24) is 39.2 Å². The van der Waals surface area contributed by atoms with E-state index in [4.69, 9.17) is 58.6 Å². The van der Waals surface area contributed by atoms with Gasteiger partial charge in [-0.15, -0.1) is 0 Å². The highest BCUT2D eigenvalue weighted by Crippen LogP contribution is 2.48. The number of pyridine rings is 2. The maximum absolute atomic E-state index is 12.9. The summed E-state index contributed by atoms with van der Waals surface area (Å²) in [6, 6.07) is 35.2. The van der Waals surface area contributed by atoms with Gasteiger partial charge < -0.3 is 38.2 Å². The molecule has 2 aliphatic carbocycles. The molecule has 0 N–H and O–H groups in total. The fourth-order valence-corrected chi connectivity index (χ4v) is 16.5. The second kappa shape index (κ2) is 35.0. The van der Waals surface area contributed by atoms with Gasteiger partial charge in [-0.1, -0.05) is 151 Å². The minimum absolute atomic E-state index is 0.0933. The van der Waals surface area contributed by atoms with E-state index in [0.29, 0.717) is 66.6 Å². The first kappa shape index (κ1) is 78.8. The molecule has 2 aromatic carbocycles. The lowest BCUT2D eigenvalue weighted by molar-refractivity contribution is -0.157. The Morgan fingerprint density at radius 1 is 0.495 bits per heavy atom. The van der Waals surface area contributed by atoms with Crippen LogP contribution in [0.3, 0.4) is 0 Å². The van der Waals surface area contributed by atoms with E-state index in [1.54, 1.807) is 0 Å². The van der Waals surface area contributed by atoms with Crippen LogP contribution in [-0.4, -0.2) is 150 Å². The zero-order valence-electron chi connectivity index (χ0n) is 63.3. The van der Waals surface area contributed by atoms with Gasteiger partial charge in [0.25, 0.3) is 0 Å². The van der Waals surface area contributed by atoms with Crippen LogP contribution < -0.4 is 9.80 Å². The minimum atomic E-state index is -1.28. The van der Waals surface area contributed by atoms with Crippen molar-refractivity contribution in [2.75, 3.05) is 76.4 Å². The zero-order valence-corrected chi connectivity index (χ0v) is 68.9. The topological polar surface area (TPSA) is 182 Å². The molecule has 0 saturated heterocycles. The van der Waals surface area contributed by atoms with E-state index < -0.39 is 43.1 Å². The standard InChI is InChI=1S/C39H56BrN5O4Si2.C39H57N5O4Si2/c1-9-49-38(46)39(2)19-17-30(18-20-39)35-34(40)37(44(27-47-21-23-50(3,4)5)28-48-22-24-51(6,7)8)45-36(43-35)32(26-42-45)31-15-16-33(41-25-31)29-13-11-10-12-14-29;1-9-48-38(45)39(2)19-17-31(18-20-39)35-25-36(43(28-46-21-23-49(3,4)5)29-47-22-24-50(6,7)8)44-37(42-35)33(27-41-44)32-15-16-34(40-26-32)30-13-11-10-12-14-30/h10-16,25-26,30H,9,17-24,27-28H2,1-8H3;10-16,25-27,31H,9,17-24,28-29H2,1-8H3. The van der Waals surface area contributed by atoms with Crippen LogP contribution >= 0.6 is 15.9 Å². The first-order valence-corrected chi connectivity index (χ1v) is 52.2. The molecule has 0 spiro atoms. The third-order valence-corrected chi connectivity index (χ3v) is 27.0. The molecule has 6 aromatic heterocycles. The van der Waals surface area contributed by atoms with Gasteiger partial charge in [-0.3, -0.25) is 19.6 Å². The molecule has 0 bridgehead atoms. The van der Waals surface area contributed by atoms with Gasteiger partial charge in [0.1, 0.15) is 32.7 Å². The number of carbonyl (C=O) groups excluding carboxylic acids is 2. The van der Waals surface area contributed by atoms with Gasteiger partial charge in [0.2, 0.25) is 0 Å². The molecule has 0 amide bonds. The van der Waals surface area contributed by atoms with Gasteiger partial charge in [0, 0.05) is 128 Å². The van der Waals surface area contributed by atoms with Crippen molar-refractivity contribution >= 4 is 83.1 Å². The Kier molecular flexibility index (Phi) is 27.3. The van der Waals surface area contributed by atoms with E-state index in [1.807, 2.05) is 97.9 Å². The average molecular weight is 1510 g/mol. The molecule has 23 heteroatoms. The Bertz CT molecular complexity index is 3910. The molecule has 0 aliphatic heterocycles. The molecule has 10 rings (SSSR count). The number of aromatic nitrogens is 8. The number of anilines is 2. The van der Waals surface area contributed by atoms with Crippen molar-refractivity contribution < 1.29 is 38.0 Å². The Balaban J connectivity index is 0.000000235. The highest BCUT2D eigenvalue weighted by Gasteiger charge is 2.42. The second-order valence-electron chi connectivity index (χ2n) is 32.9. The van der Waals surface area contributed by atoms with Crippen LogP contribution in [0.15, 0.2) is 120 Å². The molecule has 2 fully saturated rings. The summed E-state index contributed by atoms with van der Waals surface area (Å²) < 4.78 is 41.1. The Morgan fingerprint density at radius 3 is 1.27 bits per heavy atom. The number of ether oxygens (including phenoxy) is 6. The van der Waals surface area contributed by atoms with Crippen LogP contribution in [-0.2, 0) is 38.0 Å². The maximum atomic E-state index is 12.9. The van der Waals surface area contributed by atoms with Crippen LogP contribution in [0.1, 0.15) is 102 Å². The predicted molar refractivity (Wildman–Crippen MR) is 424 cm³/mol. The number of rotatable bonds is 32. The third-order valence-electron chi connectivity index (χ3n) is 19.5. The summed E-state index contributed by atoms with van der Waals surface area (Å²) in [5.41, 5.74) is 10.3. The summed E-state index contributed by atoms with van der Waals surface area (Å²) >= 11 is 4.04. The van der Waals surface area contributed by atoms with Gasteiger partial charge in [0.15, 0.2) is 17.1 Å². The molecule has 101 heavy (non-hydrogen) atoms. The monoisotopic (exact) mass is 1510 g/mol. The van der Waals surface area contributed by atoms with Crippen molar-refractivity contribution in [1.29, 1.82) is 0 Å². The summed E-state index contributed by atoms with van der Waals surface area (Å²) in [6.07, 6.45) is 14.0. The number of hydrogen-bond donors (Lipinski definition) is 0. The molecule has 6 heterocycles. The van der Waals surface area contributed by atoms with E-state index in [2.05, 4.69) is 159 Å². The first-order valence-electron chi connectivity index (χ1n) is 36.6. The van der Waals surface area contributed by atoms with Gasteiger partial charge in [-0.2, -0.15) is 19.2 Å². The number of esters is 2. The Morgan fingerprint density at radius 2 is 0.881 bits per heavy atom. The van der Waals surface area contributed by atoms with Crippen molar-refractivity contribution in [3.63, 3.8) is 0 Å². The first-order chi connectivity index (χ1) is 47.9. The lowest BCUT2D eigenvalue weighted by Gasteiger charge is -2.36. The smallest absolute Gasteiger partial charge is 0.311 e. The van der Waals surface area contributed by atoms with Gasteiger partial charge >= 0.3 is 11.9 Å². The zero-order chi connectivity index (χ0) is 72.8. The number of nitrogens with zero attached hydrogens (tertiary/aromatic N) is 10. The van der Waals surface area contributed by atoms with Gasteiger partial charge in [0.05, 0.1) is 58.0 Å². The molecule has 0 unspecified atom stereocenters. The molecule has 0 atom stereocenters. The highest BCUT2D eigenvalue weighted by molar-refractivity contribution is 9.10. The highest BCUT2D eigenvalue weighted by atomic mass is 79.9. The minimum Gasteiger partial charge on any atom is -0.466 e. The Hall–Kier alpha value is -6.29. The lowest BCUT2D eigenvalue weighted by Crippen LogP contribution is -2.35.